The van der Waals surface area contributed by atoms with E-state index < -0.39 is 63.4 Å². The predicted molar refractivity (Wildman–Crippen MR) is 152 cm³/mol. The number of nitrogens with zero attached hydrogens (tertiary/aromatic N) is 1. The van der Waals surface area contributed by atoms with Crippen LogP contribution in [0.25, 0.3) is 11.1 Å². The van der Waals surface area contributed by atoms with E-state index >= 15 is 0 Å². The van der Waals surface area contributed by atoms with Gasteiger partial charge in [0.05, 0.1) is 28.3 Å². The zero-order chi connectivity index (χ0) is 31.6. The molecule has 0 spiro atoms. The first kappa shape index (κ1) is 30.5. The number of rotatable bonds is 9. The highest BCUT2D eigenvalue weighted by Gasteiger charge is 2.42. The maximum atomic E-state index is 13.8. The van der Waals surface area contributed by atoms with E-state index in [1.165, 1.54) is 24.3 Å². The fourth-order valence-corrected chi connectivity index (χ4v) is 6.54. The molecule has 2 N–H and O–H groups in total. The summed E-state index contributed by atoms with van der Waals surface area (Å²) in [6, 6.07) is 19.4. The number of carbonyl (C=O) groups is 2. The molecule has 0 saturated carbocycles. The third-order valence-electron chi connectivity index (χ3n) is 7.01. The van der Waals surface area contributed by atoms with Crippen LogP contribution >= 0.6 is 0 Å². The van der Waals surface area contributed by atoms with E-state index in [1.807, 2.05) is 0 Å². The monoisotopic (exact) mass is 628 g/mol. The van der Waals surface area contributed by atoms with Crippen molar-refractivity contribution < 1.29 is 45.4 Å². The maximum Gasteiger partial charge on any atom is 0.419 e. The molecule has 13 heteroatoms. The van der Waals surface area contributed by atoms with Crippen LogP contribution in [0.3, 0.4) is 0 Å². The Morgan fingerprint density at radius 2 is 1.57 bits per heavy atom. The number of sulfonamides is 1. The van der Waals surface area contributed by atoms with Crippen LogP contribution in [0, 0.1) is 5.82 Å². The van der Waals surface area contributed by atoms with Gasteiger partial charge >= 0.3 is 12.1 Å². The standard InChI is InChI=1S/C31H24F4N2O6S/c32-23-10-5-19(6-11-23)20-7-12-24(13-8-20)44(41,42)37-26-4-2-1-3-21(26)18-27(37)29(38)36-15-16-43-28-14-9-22(30(39)40)17-25(28)31(33,34)35/h1-14,17,27H,15-16,18H2,(H,36,38)(H,39,40)/t27-/m0/s1. The lowest BCUT2D eigenvalue weighted by molar-refractivity contribution is -0.139. The van der Waals surface area contributed by atoms with Crippen LogP contribution in [0.15, 0.2) is 95.9 Å². The smallest absolute Gasteiger partial charge is 0.419 e. The number of hydrogen-bond donors (Lipinski definition) is 2. The van der Waals surface area contributed by atoms with Crippen LogP contribution in [0.1, 0.15) is 21.5 Å². The van der Waals surface area contributed by atoms with Gasteiger partial charge in [-0.2, -0.15) is 13.2 Å². The first-order valence-electron chi connectivity index (χ1n) is 13.2. The minimum atomic E-state index is -4.88. The minimum Gasteiger partial charge on any atom is -0.491 e. The number of para-hydroxylation sites is 1. The molecule has 0 aromatic heterocycles. The lowest BCUT2D eigenvalue weighted by Gasteiger charge is -2.26. The molecule has 1 heterocycles. The van der Waals surface area contributed by atoms with Gasteiger partial charge in [0.25, 0.3) is 10.0 Å². The fourth-order valence-electron chi connectivity index (χ4n) is 4.89. The number of carbonyl (C=O) groups excluding carboxylic acids is 1. The van der Waals surface area contributed by atoms with Crippen LogP contribution < -0.4 is 14.4 Å². The summed E-state index contributed by atoms with van der Waals surface area (Å²) < 4.78 is 87.6. The molecule has 44 heavy (non-hydrogen) atoms. The summed E-state index contributed by atoms with van der Waals surface area (Å²) in [7, 11) is -4.25. The summed E-state index contributed by atoms with van der Waals surface area (Å²) in [4.78, 5) is 24.3. The second-order valence-electron chi connectivity index (χ2n) is 9.83. The number of halogens is 4. The van der Waals surface area contributed by atoms with E-state index in [0.717, 1.165) is 16.4 Å². The van der Waals surface area contributed by atoms with Crippen LogP contribution in [0.2, 0.25) is 0 Å². The molecule has 8 nitrogen and oxygen atoms in total. The summed E-state index contributed by atoms with van der Waals surface area (Å²) in [6.45, 7) is -0.664. The van der Waals surface area contributed by atoms with Gasteiger partial charge < -0.3 is 15.2 Å². The number of amides is 1. The van der Waals surface area contributed by atoms with E-state index in [9.17, 15) is 35.6 Å². The molecular weight excluding hydrogens is 604 g/mol. The molecule has 4 aromatic rings. The van der Waals surface area contributed by atoms with Crippen LogP contribution in [-0.4, -0.2) is 44.6 Å². The Kier molecular flexibility index (Phi) is 8.33. The van der Waals surface area contributed by atoms with Crippen LogP contribution in [0.4, 0.5) is 23.2 Å². The van der Waals surface area contributed by atoms with E-state index in [4.69, 9.17) is 9.84 Å². The Labute approximate surface area is 249 Å². The summed E-state index contributed by atoms with van der Waals surface area (Å²) in [5, 5.41) is 11.5. The number of carboxylic acid groups (broad SMARTS) is 1. The highest BCUT2D eigenvalue weighted by molar-refractivity contribution is 7.93. The molecule has 0 saturated heterocycles. The summed E-state index contributed by atoms with van der Waals surface area (Å²) >= 11 is 0. The van der Waals surface area contributed by atoms with Gasteiger partial charge in [0.1, 0.15) is 24.2 Å². The number of aromatic carboxylic acids is 1. The van der Waals surface area contributed by atoms with Crippen molar-refractivity contribution in [2.24, 2.45) is 0 Å². The van der Waals surface area contributed by atoms with Crippen molar-refractivity contribution in [3.8, 4) is 16.9 Å². The summed E-state index contributed by atoms with van der Waals surface area (Å²) in [5.41, 5.74) is 0.430. The predicted octanol–water partition coefficient (Wildman–Crippen LogP) is 5.52. The SMILES string of the molecule is O=C(O)c1ccc(OCCNC(=O)[C@@H]2Cc3ccccc3N2S(=O)(=O)c2ccc(-c3ccc(F)cc3)cc2)c(C(F)(F)F)c1. The van der Waals surface area contributed by atoms with Crippen molar-refractivity contribution in [1.29, 1.82) is 0 Å². The molecule has 0 aliphatic carbocycles. The molecule has 1 aliphatic heterocycles. The molecule has 0 fully saturated rings. The molecule has 0 bridgehead atoms. The lowest BCUT2D eigenvalue weighted by atomic mass is 10.1. The first-order chi connectivity index (χ1) is 20.9. The molecular formula is C31H24F4N2O6S. The van der Waals surface area contributed by atoms with Gasteiger partial charge in [-0.3, -0.25) is 9.10 Å². The number of ether oxygens (including phenoxy) is 1. The molecule has 4 aromatic carbocycles. The van der Waals surface area contributed by atoms with Gasteiger partial charge in [0.2, 0.25) is 5.91 Å². The van der Waals surface area contributed by atoms with Crippen molar-refractivity contribution in [3.05, 3.63) is 114 Å². The Morgan fingerprint density at radius 1 is 0.932 bits per heavy atom. The van der Waals surface area contributed by atoms with Crippen LogP contribution in [-0.2, 0) is 27.4 Å². The molecule has 0 radical (unpaired) electrons. The van der Waals surface area contributed by atoms with Gasteiger partial charge in [0, 0.05) is 6.42 Å². The molecule has 5 rings (SSSR count). The lowest BCUT2D eigenvalue weighted by Crippen LogP contribution is -2.48. The number of anilines is 1. The zero-order valence-electron chi connectivity index (χ0n) is 22.7. The molecule has 228 valence electrons. The average molecular weight is 629 g/mol. The quantitative estimate of drug-likeness (QED) is 0.186. The first-order valence-corrected chi connectivity index (χ1v) is 14.6. The fraction of sp³-hybridized carbons (Fsp3) is 0.161. The van der Waals surface area contributed by atoms with Crippen molar-refractivity contribution in [2.75, 3.05) is 17.5 Å². The summed E-state index contributed by atoms with van der Waals surface area (Å²) in [6.07, 6.45) is -4.82. The number of fused-ring (bicyclic) bond motifs is 1. The molecule has 1 atom stereocenters. The maximum absolute atomic E-state index is 13.8. The molecule has 0 unspecified atom stereocenters. The van der Waals surface area contributed by atoms with Crippen molar-refractivity contribution in [1.82, 2.24) is 5.32 Å². The van der Waals surface area contributed by atoms with Gasteiger partial charge in [0.15, 0.2) is 0 Å². The van der Waals surface area contributed by atoms with Crippen molar-refractivity contribution in [2.45, 2.75) is 23.5 Å². The topological polar surface area (TPSA) is 113 Å². The normalized spacial score (nSPS) is 14.6. The largest absolute Gasteiger partial charge is 0.491 e. The number of alkyl halides is 3. The van der Waals surface area contributed by atoms with Crippen LogP contribution in [0.5, 0.6) is 5.75 Å². The van der Waals surface area contributed by atoms with Crippen molar-refractivity contribution >= 4 is 27.6 Å². The highest BCUT2D eigenvalue weighted by atomic mass is 32.2. The Hall–Kier alpha value is -4.91. The van der Waals surface area contributed by atoms with E-state index in [1.54, 1.807) is 48.5 Å². The second kappa shape index (κ2) is 12.0. The van der Waals surface area contributed by atoms with Gasteiger partial charge in [-0.05, 0) is 65.2 Å². The minimum absolute atomic E-state index is 0.0601. The number of carboxylic acids is 1. The number of hydrogen-bond acceptors (Lipinski definition) is 5. The number of benzene rings is 4. The Bertz CT molecular complexity index is 1810. The second-order valence-corrected chi connectivity index (χ2v) is 11.6. The molecule has 1 amide bonds. The third kappa shape index (κ3) is 6.23. The van der Waals surface area contributed by atoms with Crippen molar-refractivity contribution in [3.63, 3.8) is 0 Å². The van der Waals surface area contributed by atoms with E-state index in [-0.39, 0.29) is 17.9 Å². The molecule has 1 aliphatic rings. The van der Waals surface area contributed by atoms with E-state index in [2.05, 4.69) is 5.32 Å². The van der Waals surface area contributed by atoms with Gasteiger partial charge in [-0.15, -0.1) is 0 Å². The van der Waals surface area contributed by atoms with Gasteiger partial charge in [-0.1, -0.05) is 42.5 Å². The Balaban J connectivity index is 1.32. The van der Waals surface area contributed by atoms with Gasteiger partial charge in [-0.25, -0.2) is 17.6 Å². The summed E-state index contributed by atoms with van der Waals surface area (Å²) in [5.74, 6) is -3.24. The average Bonchev–Trinajstić information content (AvgIpc) is 3.40. The zero-order valence-corrected chi connectivity index (χ0v) is 23.5. The third-order valence-corrected chi connectivity index (χ3v) is 8.84. The highest BCUT2D eigenvalue weighted by Crippen LogP contribution is 2.38. The number of nitrogens with one attached hydrogen (secondary N) is 1. The Morgan fingerprint density at radius 3 is 2.20 bits per heavy atom. The van der Waals surface area contributed by atoms with E-state index in [0.29, 0.717) is 28.4 Å².